The van der Waals surface area contributed by atoms with Crippen molar-refractivity contribution in [3.8, 4) is 0 Å². The van der Waals surface area contributed by atoms with Gasteiger partial charge in [0.05, 0.1) is 6.54 Å². The number of amides is 1. The first-order chi connectivity index (χ1) is 5.88. The molecular formula is C10H22N2O. The van der Waals surface area contributed by atoms with Crippen molar-refractivity contribution in [2.45, 2.75) is 40.7 Å². The Morgan fingerprint density at radius 2 is 1.92 bits per heavy atom. The molecule has 0 rings (SSSR count). The molecule has 3 heteroatoms. The molecule has 0 aromatic rings. The molecule has 1 amide bonds. The molecule has 0 fully saturated rings. The maximum Gasteiger partial charge on any atom is 0.234 e. The fraction of sp³-hybridized carbons (Fsp3) is 0.900. The van der Waals surface area contributed by atoms with Crippen LogP contribution in [-0.4, -0.2) is 25.0 Å². The van der Waals surface area contributed by atoms with E-state index in [2.05, 4.69) is 31.4 Å². The van der Waals surface area contributed by atoms with Gasteiger partial charge in [-0.2, -0.15) is 0 Å². The van der Waals surface area contributed by atoms with Gasteiger partial charge in [-0.15, -0.1) is 0 Å². The van der Waals surface area contributed by atoms with Crippen molar-refractivity contribution in [1.29, 1.82) is 0 Å². The van der Waals surface area contributed by atoms with Gasteiger partial charge < -0.3 is 10.6 Å². The Kier molecular flexibility index (Phi) is 4.99. The van der Waals surface area contributed by atoms with Crippen molar-refractivity contribution in [2.75, 3.05) is 13.1 Å². The van der Waals surface area contributed by atoms with Crippen LogP contribution >= 0.6 is 0 Å². The van der Waals surface area contributed by atoms with Crippen LogP contribution in [0.5, 0.6) is 0 Å². The van der Waals surface area contributed by atoms with E-state index in [4.69, 9.17) is 0 Å². The minimum atomic E-state index is 0.0734. The third kappa shape index (κ3) is 5.64. The smallest absolute Gasteiger partial charge is 0.234 e. The molecule has 1 atom stereocenters. The summed E-state index contributed by atoms with van der Waals surface area (Å²) >= 11 is 0. The van der Waals surface area contributed by atoms with E-state index in [1.54, 1.807) is 0 Å². The molecule has 0 aliphatic heterocycles. The second-order valence-electron chi connectivity index (χ2n) is 4.44. The lowest BCUT2D eigenvalue weighted by Crippen LogP contribution is -2.44. The first-order valence-corrected chi connectivity index (χ1v) is 4.88. The molecule has 0 aliphatic carbocycles. The number of hydrogen-bond donors (Lipinski definition) is 2. The zero-order valence-corrected chi connectivity index (χ0v) is 9.40. The Morgan fingerprint density at radius 1 is 1.38 bits per heavy atom. The minimum Gasteiger partial charge on any atom is -0.352 e. The topological polar surface area (TPSA) is 41.1 Å². The lowest BCUT2D eigenvalue weighted by atomic mass is 9.88. The molecule has 0 heterocycles. The largest absolute Gasteiger partial charge is 0.352 e. The highest BCUT2D eigenvalue weighted by atomic mass is 16.1. The molecule has 2 N–H and O–H groups in total. The molecular weight excluding hydrogens is 164 g/mol. The van der Waals surface area contributed by atoms with Crippen LogP contribution in [0, 0.1) is 5.41 Å². The first-order valence-electron chi connectivity index (χ1n) is 4.88. The van der Waals surface area contributed by atoms with Crippen LogP contribution < -0.4 is 10.6 Å². The SMILES string of the molecule is CCNCC(=O)NC(C)C(C)(C)C. The van der Waals surface area contributed by atoms with Gasteiger partial charge in [0, 0.05) is 6.04 Å². The summed E-state index contributed by atoms with van der Waals surface area (Å²) in [6.07, 6.45) is 0. The second-order valence-corrected chi connectivity index (χ2v) is 4.44. The summed E-state index contributed by atoms with van der Waals surface area (Å²) in [6, 6.07) is 0.207. The molecule has 0 bridgehead atoms. The van der Waals surface area contributed by atoms with Gasteiger partial charge in [-0.25, -0.2) is 0 Å². The fourth-order valence-electron chi connectivity index (χ4n) is 0.748. The highest BCUT2D eigenvalue weighted by Crippen LogP contribution is 2.17. The minimum absolute atomic E-state index is 0.0734. The molecule has 13 heavy (non-hydrogen) atoms. The molecule has 0 aromatic heterocycles. The number of nitrogens with one attached hydrogen (secondary N) is 2. The summed E-state index contributed by atoms with van der Waals surface area (Å²) in [7, 11) is 0. The van der Waals surface area contributed by atoms with Gasteiger partial charge in [0.15, 0.2) is 0 Å². The van der Waals surface area contributed by atoms with Crippen molar-refractivity contribution in [2.24, 2.45) is 5.41 Å². The normalized spacial score (nSPS) is 13.9. The Morgan fingerprint density at radius 3 is 2.31 bits per heavy atom. The van der Waals surface area contributed by atoms with E-state index < -0.39 is 0 Å². The van der Waals surface area contributed by atoms with E-state index in [-0.39, 0.29) is 17.4 Å². The van der Waals surface area contributed by atoms with Gasteiger partial charge in [0.25, 0.3) is 0 Å². The molecule has 1 unspecified atom stereocenters. The quantitative estimate of drug-likeness (QED) is 0.691. The van der Waals surface area contributed by atoms with Crippen molar-refractivity contribution >= 4 is 5.91 Å². The summed E-state index contributed by atoms with van der Waals surface area (Å²) in [5, 5.41) is 5.95. The van der Waals surface area contributed by atoms with Crippen LogP contribution in [0.25, 0.3) is 0 Å². The van der Waals surface area contributed by atoms with Gasteiger partial charge in [0.2, 0.25) is 5.91 Å². The van der Waals surface area contributed by atoms with E-state index in [1.165, 1.54) is 0 Å². The maximum absolute atomic E-state index is 11.3. The van der Waals surface area contributed by atoms with Crippen LogP contribution in [0.3, 0.4) is 0 Å². The Hall–Kier alpha value is -0.570. The molecule has 0 aromatic carbocycles. The Bertz CT molecular complexity index is 161. The first kappa shape index (κ1) is 12.4. The van der Waals surface area contributed by atoms with E-state index in [1.807, 2.05) is 13.8 Å². The van der Waals surface area contributed by atoms with Gasteiger partial charge >= 0.3 is 0 Å². The summed E-state index contributed by atoms with van der Waals surface area (Å²) in [4.78, 5) is 11.3. The van der Waals surface area contributed by atoms with Crippen LogP contribution in [0.15, 0.2) is 0 Å². The Labute approximate surface area is 81.3 Å². The molecule has 3 nitrogen and oxygen atoms in total. The van der Waals surface area contributed by atoms with Gasteiger partial charge in [-0.05, 0) is 18.9 Å². The molecule has 0 saturated carbocycles. The van der Waals surface area contributed by atoms with Crippen LogP contribution in [0.4, 0.5) is 0 Å². The number of likely N-dealkylation sites (N-methyl/N-ethyl adjacent to an activating group) is 1. The highest BCUT2D eigenvalue weighted by Gasteiger charge is 2.20. The lowest BCUT2D eigenvalue weighted by Gasteiger charge is -2.28. The summed E-state index contributed by atoms with van der Waals surface area (Å²) in [5.41, 5.74) is 0.127. The molecule has 0 radical (unpaired) electrons. The van der Waals surface area contributed by atoms with Crippen molar-refractivity contribution in [1.82, 2.24) is 10.6 Å². The number of carbonyl (C=O) groups excluding carboxylic acids is 1. The lowest BCUT2D eigenvalue weighted by molar-refractivity contribution is -0.121. The van der Waals surface area contributed by atoms with Gasteiger partial charge in [-0.1, -0.05) is 27.7 Å². The Balaban J connectivity index is 3.79. The summed E-state index contributed by atoms with van der Waals surface area (Å²) < 4.78 is 0. The highest BCUT2D eigenvalue weighted by molar-refractivity contribution is 5.78. The third-order valence-electron chi connectivity index (χ3n) is 2.21. The van der Waals surface area contributed by atoms with Crippen LogP contribution in [0.1, 0.15) is 34.6 Å². The van der Waals surface area contributed by atoms with Crippen molar-refractivity contribution in [3.63, 3.8) is 0 Å². The monoisotopic (exact) mass is 186 g/mol. The maximum atomic E-state index is 11.3. The van der Waals surface area contributed by atoms with Crippen LogP contribution in [0.2, 0.25) is 0 Å². The molecule has 0 spiro atoms. The fourth-order valence-corrected chi connectivity index (χ4v) is 0.748. The number of hydrogen-bond acceptors (Lipinski definition) is 2. The number of rotatable bonds is 4. The van der Waals surface area contributed by atoms with Gasteiger partial charge in [-0.3, -0.25) is 4.79 Å². The zero-order chi connectivity index (χ0) is 10.5. The molecule has 0 aliphatic rings. The second kappa shape index (κ2) is 5.22. The van der Waals surface area contributed by atoms with E-state index in [9.17, 15) is 4.79 Å². The van der Waals surface area contributed by atoms with Gasteiger partial charge in [0.1, 0.15) is 0 Å². The number of carbonyl (C=O) groups is 1. The predicted octanol–water partition coefficient (Wildman–Crippen LogP) is 1.15. The standard InChI is InChI=1S/C10H22N2O/c1-6-11-7-9(13)12-8(2)10(3,4)5/h8,11H,6-7H2,1-5H3,(H,12,13). The molecule has 78 valence electrons. The van der Waals surface area contributed by atoms with Crippen LogP contribution in [-0.2, 0) is 4.79 Å². The van der Waals surface area contributed by atoms with Crippen molar-refractivity contribution < 1.29 is 4.79 Å². The van der Waals surface area contributed by atoms with E-state index in [0.717, 1.165) is 6.54 Å². The van der Waals surface area contributed by atoms with Crippen molar-refractivity contribution in [3.05, 3.63) is 0 Å². The zero-order valence-electron chi connectivity index (χ0n) is 9.40. The van der Waals surface area contributed by atoms with E-state index in [0.29, 0.717) is 6.54 Å². The average molecular weight is 186 g/mol. The average Bonchev–Trinajstić information content (AvgIpc) is 1.99. The molecule has 0 saturated heterocycles. The summed E-state index contributed by atoms with van der Waals surface area (Å²) in [5.74, 6) is 0.0734. The van der Waals surface area contributed by atoms with E-state index >= 15 is 0 Å². The predicted molar refractivity (Wildman–Crippen MR) is 55.6 cm³/mol. The third-order valence-corrected chi connectivity index (χ3v) is 2.21. The summed E-state index contributed by atoms with van der Waals surface area (Å²) in [6.45, 7) is 11.6.